The van der Waals surface area contributed by atoms with Crippen LogP contribution in [-0.4, -0.2) is 58.2 Å². The van der Waals surface area contributed by atoms with Gasteiger partial charge in [-0.15, -0.1) is 0 Å². The highest BCUT2D eigenvalue weighted by Crippen LogP contribution is 2.26. The van der Waals surface area contributed by atoms with Gasteiger partial charge in [0.2, 0.25) is 5.88 Å². The van der Waals surface area contributed by atoms with Crippen molar-refractivity contribution >= 4 is 5.91 Å². The summed E-state index contributed by atoms with van der Waals surface area (Å²) in [5, 5.41) is 31.2. The summed E-state index contributed by atoms with van der Waals surface area (Å²) in [5.74, 6) is -0.419. The van der Waals surface area contributed by atoms with Crippen molar-refractivity contribution < 1.29 is 24.9 Å². The number of hydrogen-bond acceptors (Lipinski definition) is 6. The molecule has 20 heavy (non-hydrogen) atoms. The van der Waals surface area contributed by atoms with Gasteiger partial charge in [-0.2, -0.15) is 0 Å². The van der Waals surface area contributed by atoms with Crippen LogP contribution in [0, 0.1) is 5.92 Å². The zero-order chi connectivity index (χ0) is 14.7. The van der Waals surface area contributed by atoms with Crippen LogP contribution < -0.4 is 10.1 Å². The van der Waals surface area contributed by atoms with Crippen molar-refractivity contribution in [2.24, 2.45) is 5.92 Å². The first-order valence-corrected chi connectivity index (χ1v) is 6.34. The summed E-state index contributed by atoms with van der Waals surface area (Å²) in [6, 6.07) is 2.53. The molecule has 0 aliphatic heterocycles. The summed E-state index contributed by atoms with van der Waals surface area (Å²) in [6.45, 7) is -0.227. The number of aliphatic hydroxyl groups is 3. The van der Waals surface area contributed by atoms with Crippen molar-refractivity contribution in [2.75, 3.05) is 13.7 Å². The van der Waals surface area contributed by atoms with Gasteiger partial charge in [0.1, 0.15) is 6.10 Å². The molecule has 0 spiro atoms. The van der Waals surface area contributed by atoms with Crippen LogP contribution in [-0.2, 0) is 0 Å². The van der Waals surface area contributed by atoms with E-state index in [1.54, 1.807) is 12.1 Å². The molecule has 7 nitrogen and oxygen atoms in total. The van der Waals surface area contributed by atoms with E-state index in [2.05, 4.69) is 10.3 Å². The van der Waals surface area contributed by atoms with Crippen LogP contribution in [0.5, 0.6) is 5.88 Å². The molecule has 1 aromatic heterocycles. The Morgan fingerprint density at radius 3 is 2.70 bits per heavy atom. The number of rotatable bonds is 4. The summed E-state index contributed by atoms with van der Waals surface area (Å²) in [5.41, 5.74) is 0.333. The smallest absolute Gasteiger partial charge is 0.253 e. The van der Waals surface area contributed by atoms with Gasteiger partial charge in [-0.3, -0.25) is 4.79 Å². The molecule has 1 aromatic rings. The number of nitrogens with zero attached hydrogens (tertiary/aromatic N) is 1. The third-order valence-electron chi connectivity index (χ3n) is 3.56. The lowest BCUT2D eigenvalue weighted by molar-refractivity contribution is 0.000135. The van der Waals surface area contributed by atoms with Crippen LogP contribution in [0.4, 0.5) is 0 Å². The molecule has 0 bridgehead atoms. The maximum absolute atomic E-state index is 12.0. The minimum atomic E-state index is -1.08. The van der Waals surface area contributed by atoms with Gasteiger partial charge in [-0.1, -0.05) is 0 Å². The first-order valence-electron chi connectivity index (χ1n) is 6.34. The van der Waals surface area contributed by atoms with Crippen LogP contribution >= 0.6 is 0 Å². The van der Waals surface area contributed by atoms with E-state index in [4.69, 9.17) is 9.84 Å². The summed E-state index contributed by atoms with van der Waals surface area (Å²) in [7, 11) is 1.48. The lowest BCUT2D eigenvalue weighted by Crippen LogP contribution is -2.43. The van der Waals surface area contributed by atoms with Crippen LogP contribution in [0.1, 0.15) is 16.8 Å². The second-order valence-corrected chi connectivity index (χ2v) is 4.83. The van der Waals surface area contributed by atoms with Gasteiger partial charge in [-0.05, 0) is 12.5 Å². The third-order valence-corrected chi connectivity index (χ3v) is 3.56. The van der Waals surface area contributed by atoms with Crippen LogP contribution in [0.15, 0.2) is 18.3 Å². The fraction of sp³-hybridized carbons (Fsp3) is 0.538. The van der Waals surface area contributed by atoms with Crippen molar-refractivity contribution in [3.05, 3.63) is 23.9 Å². The van der Waals surface area contributed by atoms with Crippen LogP contribution in [0.3, 0.4) is 0 Å². The van der Waals surface area contributed by atoms with E-state index < -0.39 is 30.1 Å². The zero-order valence-electron chi connectivity index (χ0n) is 11.1. The molecule has 0 unspecified atom stereocenters. The van der Waals surface area contributed by atoms with E-state index in [9.17, 15) is 15.0 Å². The zero-order valence-corrected chi connectivity index (χ0v) is 11.1. The number of methoxy groups -OCH3 is 1. The highest BCUT2D eigenvalue weighted by atomic mass is 16.5. The Morgan fingerprint density at radius 2 is 2.20 bits per heavy atom. The predicted molar refractivity (Wildman–Crippen MR) is 69.2 cm³/mol. The maximum Gasteiger partial charge on any atom is 0.253 e. The summed E-state index contributed by atoms with van der Waals surface area (Å²) in [4.78, 5) is 15.9. The highest BCUT2D eigenvalue weighted by molar-refractivity contribution is 5.94. The molecule has 1 aliphatic carbocycles. The number of ether oxygens (including phenoxy) is 1. The van der Waals surface area contributed by atoms with Gasteiger partial charge in [-0.25, -0.2) is 4.98 Å². The minimum Gasteiger partial charge on any atom is -0.481 e. The fourth-order valence-electron chi connectivity index (χ4n) is 2.34. The Kier molecular flexibility index (Phi) is 4.53. The lowest BCUT2D eigenvalue weighted by atomic mass is 10.1. The average molecular weight is 282 g/mol. The summed E-state index contributed by atoms with van der Waals surface area (Å²) < 4.78 is 4.90. The molecule has 1 saturated carbocycles. The predicted octanol–water partition coefficient (Wildman–Crippen LogP) is -1.08. The standard InChI is InChI=1S/C13H18N2O5/c1-20-10-3-2-7(5-14-10)13(19)15-9-4-8(6-16)11(17)12(9)18/h2-3,5,8-9,11-12,16-18H,4,6H2,1H3,(H,15,19)/t8-,9-,11-,12+/m1/s1. The van der Waals surface area contributed by atoms with Crippen LogP contribution in [0.25, 0.3) is 0 Å². The molecule has 4 atom stereocenters. The lowest BCUT2D eigenvalue weighted by Gasteiger charge is -2.18. The number of amides is 1. The van der Waals surface area contributed by atoms with E-state index in [-0.39, 0.29) is 6.61 Å². The largest absolute Gasteiger partial charge is 0.481 e. The fourth-order valence-corrected chi connectivity index (χ4v) is 2.34. The molecule has 110 valence electrons. The van der Waals surface area contributed by atoms with Gasteiger partial charge in [0.15, 0.2) is 0 Å². The van der Waals surface area contributed by atoms with Crippen molar-refractivity contribution in [2.45, 2.75) is 24.7 Å². The number of hydrogen-bond donors (Lipinski definition) is 4. The third kappa shape index (κ3) is 2.90. The van der Waals surface area contributed by atoms with E-state index in [0.29, 0.717) is 17.9 Å². The molecule has 1 heterocycles. The summed E-state index contributed by atoms with van der Waals surface area (Å²) in [6.07, 6.45) is -0.412. The maximum atomic E-state index is 12.0. The Bertz CT molecular complexity index is 464. The second-order valence-electron chi connectivity index (χ2n) is 4.83. The van der Waals surface area contributed by atoms with Gasteiger partial charge >= 0.3 is 0 Å². The number of carbonyl (C=O) groups excluding carboxylic acids is 1. The molecule has 1 fully saturated rings. The van der Waals surface area contributed by atoms with Crippen LogP contribution in [0.2, 0.25) is 0 Å². The van der Waals surface area contributed by atoms with E-state index in [1.807, 2.05) is 0 Å². The topological polar surface area (TPSA) is 112 Å². The molecule has 4 N–H and O–H groups in total. The average Bonchev–Trinajstić information content (AvgIpc) is 2.75. The molecular formula is C13H18N2O5. The van der Waals surface area contributed by atoms with Crippen molar-refractivity contribution in [3.63, 3.8) is 0 Å². The Labute approximate surface area is 116 Å². The van der Waals surface area contributed by atoms with Gasteiger partial charge in [0.05, 0.1) is 24.8 Å². The number of aliphatic hydroxyl groups excluding tert-OH is 3. The normalized spacial score (nSPS) is 29.2. The quantitative estimate of drug-likeness (QED) is 0.559. The molecular weight excluding hydrogens is 264 g/mol. The molecule has 1 aliphatic rings. The van der Waals surface area contributed by atoms with Gasteiger partial charge in [0, 0.05) is 24.8 Å². The number of pyridine rings is 1. The molecule has 2 rings (SSSR count). The number of carbonyl (C=O) groups is 1. The van der Waals surface area contributed by atoms with Gasteiger partial charge < -0.3 is 25.4 Å². The number of nitrogens with one attached hydrogen (secondary N) is 1. The van der Waals surface area contributed by atoms with Crippen molar-refractivity contribution in [1.29, 1.82) is 0 Å². The first-order chi connectivity index (χ1) is 9.56. The molecule has 7 heteroatoms. The monoisotopic (exact) mass is 282 g/mol. The Hall–Kier alpha value is -1.70. The molecule has 0 radical (unpaired) electrons. The number of aromatic nitrogens is 1. The second kappa shape index (κ2) is 6.17. The van der Waals surface area contributed by atoms with Gasteiger partial charge in [0.25, 0.3) is 5.91 Å². The van der Waals surface area contributed by atoms with Crippen molar-refractivity contribution in [3.8, 4) is 5.88 Å². The Balaban J connectivity index is 2.00. The van der Waals surface area contributed by atoms with E-state index in [1.165, 1.54) is 13.3 Å². The SMILES string of the molecule is COc1ccc(C(=O)N[C@@H]2C[C@H](CO)[C@@H](O)[C@H]2O)cn1. The first kappa shape index (κ1) is 14.7. The summed E-state index contributed by atoms with van der Waals surface area (Å²) >= 11 is 0. The molecule has 0 saturated heterocycles. The van der Waals surface area contributed by atoms with Crippen molar-refractivity contribution in [1.82, 2.24) is 10.3 Å². The minimum absolute atomic E-state index is 0.227. The highest BCUT2D eigenvalue weighted by Gasteiger charge is 2.41. The van der Waals surface area contributed by atoms with E-state index >= 15 is 0 Å². The molecule has 0 aromatic carbocycles. The van der Waals surface area contributed by atoms with E-state index in [0.717, 1.165) is 0 Å². The Morgan fingerprint density at radius 1 is 1.45 bits per heavy atom. The molecule has 1 amide bonds.